The lowest BCUT2D eigenvalue weighted by molar-refractivity contribution is -0.136. The lowest BCUT2D eigenvalue weighted by atomic mass is 9.90. The predicted molar refractivity (Wildman–Crippen MR) is 283 cm³/mol. The zero-order valence-electron chi connectivity index (χ0n) is 42.0. The molecule has 5 aromatic carbocycles. The van der Waals surface area contributed by atoms with Crippen molar-refractivity contribution in [1.82, 2.24) is 25.1 Å². The summed E-state index contributed by atoms with van der Waals surface area (Å²) in [5, 5.41) is 20.1. The second kappa shape index (κ2) is 27.8. The number of hydrogen-bond acceptors (Lipinski definition) is 12. The first kappa shape index (κ1) is 54.6. The van der Waals surface area contributed by atoms with Crippen LogP contribution < -0.4 is 31.0 Å². The van der Waals surface area contributed by atoms with Crippen LogP contribution in [0, 0.1) is 11.8 Å². The van der Waals surface area contributed by atoms with Crippen LogP contribution in [0.15, 0.2) is 145 Å². The minimum atomic E-state index is -1.14. The third kappa shape index (κ3) is 17.0. The molecule has 0 unspecified atom stereocenters. The molecular weight excluding hydrogens is 957 g/mol. The Balaban J connectivity index is 0.710. The molecule has 17 nitrogen and oxygen atoms in total. The van der Waals surface area contributed by atoms with Crippen molar-refractivity contribution in [3.63, 3.8) is 0 Å². The van der Waals surface area contributed by atoms with E-state index < -0.39 is 5.60 Å². The van der Waals surface area contributed by atoms with Gasteiger partial charge in [0.1, 0.15) is 24.7 Å². The van der Waals surface area contributed by atoms with Crippen LogP contribution in [0.2, 0.25) is 0 Å². The molecule has 0 radical (unpaired) electrons. The molecule has 75 heavy (non-hydrogen) atoms. The Morgan fingerprint density at radius 1 is 0.813 bits per heavy atom. The average molecular weight is 1020 g/mol. The number of anilines is 1. The summed E-state index contributed by atoms with van der Waals surface area (Å²) in [6.45, 7) is 8.51. The largest absolute Gasteiger partial charge is 0.491 e. The lowest BCUT2D eigenvalue weighted by Crippen LogP contribution is -2.49. The van der Waals surface area contributed by atoms with Crippen LogP contribution in [0.5, 0.6) is 17.2 Å². The molecule has 4 amide bonds. The average Bonchev–Trinajstić information content (AvgIpc) is 3.43. The Bertz CT molecular complexity index is 3000. The van der Waals surface area contributed by atoms with E-state index in [4.69, 9.17) is 23.7 Å². The molecule has 2 heterocycles. The van der Waals surface area contributed by atoms with Crippen molar-refractivity contribution >= 4 is 40.2 Å². The minimum Gasteiger partial charge on any atom is -0.491 e. The highest BCUT2D eigenvalue weighted by atomic mass is 16.6. The van der Waals surface area contributed by atoms with Gasteiger partial charge in [-0.1, -0.05) is 79.9 Å². The lowest BCUT2D eigenvalue weighted by Gasteiger charge is -2.38. The molecule has 1 atom stereocenters. The van der Waals surface area contributed by atoms with Crippen molar-refractivity contribution in [1.29, 1.82) is 0 Å². The zero-order chi connectivity index (χ0) is 52.8. The van der Waals surface area contributed by atoms with Gasteiger partial charge in [0.05, 0.1) is 74.6 Å². The summed E-state index contributed by atoms with van der Waals surface area (Å²) >= 11 is 0. The van der Waals surface area contributed by atoms with Crippen LogP contribution in [0.3, 0.4) is 0 Å². The Kier molecular flexibility index (Phi) is 20.2. The van der Waals surface area contributed by atoms with Crippen molar-refractivity contribution < 1.29 is 48.0 Å². The van der Waals surface area contributed by atoms with E-state index in [0.29, 0.717) is 110 Å². The number of likely N-dealkylation sites (tertiary alicyclic amines) is 1. The van der Waals surface area contributed by atoms with Gasteiger partial charge >= 0.3 is 0 Å². The molecule has 0 bridgehead atoms. The van der Waals surface area contributed by atoms with Gasteiger partial charge in [-0.3, -0.25) is 28.5 Å². The number of benzene rings is 5. The highest BCUT2D eigenvalue weighted by Crippen LogP contribution is 2.31. The zero-order valence-corrected chi connectivity index (χ0v) is 42.0. The van der Waals surface area contributed by atoms with Crippen LogP contribution in [-0.4, -0.2) is 115 Å². The number of carbonyl (C=O) groups excluding carboxylic acids is 4. The Labute approximate surface area is 435 Å². The molecule has 7 rings (SSSR count). The second-order valence-electron chi connectivity index (χ2n) is 17.9. The smallest absolute Gasteiger partial charge is 0.261 e. The first-order chi connectivity index (χ1) is 36.4. The van der Waals surface area contributed by atoms with Crippen LogP contribution in [0.25, 0.3) is 10.9 Å². The van der Waals surface area contributed by atoms with E-state index in [1.54, 1.807) is 89.8 Å². The molecule has 1 aromatic heterocycles. The number of aromatic nitrogens is 2. The van der Waals surface area contributed by atoms with E-state index in [1.165, 1.54) is 17.0 Å². The highest BCUT2D eigenvalue weighted by Gasteiger charge is 2.35. The fourth-order valence-corrected chi connectivity index (χ4v) is 8.07. The normalized spacial score (nSPS) is 13.2. The fraction of sp³-hybridized carbons (Fsp3) is 0.310. The number of carbonyl (C=O) groups is 4. The van der Waals surface area contributed by atoms with E-state index in [1.807, 2.05) is 43.3 Å². The molecule has 0 aliphatic carbocycles. The van der Waals surface area contributed by atoms with Crippen molar-refractivity contribution in [3.05, 3.63) is 173 Å². The van der Waals surface area contributed by atoms with E-state index >= 15 is 0 Å². The molecule has 0 spiro atoms. The molecule has 390 valence electrons. The van der Waals surface area contributed by atoms with Gasteiger partial charge in [0.25, 0.3) is 11.5 Å². The second-order valence-corrected chi connectivity index (χ2v) is 17.9. The van der Waals surface area contributed by atoms with Crippen molar-refractivity contribution in [3.8, 4) is 29.1 Å². The predicted octanol–water partition coefficient (Wildman–Crippen LogP) is 6.39. The van der Waals surface area contributed by atoms with Crippen LogP contribution in [-0.2, 0) is 41.7 Å². The van der Waals surface area contributed by atoms with Gasteiger partial charge in [-0.05, 0) is 103 Å². The quantitative estimate of drug-likeness (QED) is 0.0280. The van der Waals surface area contributed by atoms with Crippen LogP contribution in [0.1, 0.15) is 59.2 Å². The van der Waals surface area contributed by atoms with E-state index in [0.717, 1.165) is 11.1 Å². The summed E-state index contributed by atoms with van der Waals surface area (Å²) in [5.74, 6) is 6.78. The summed E-state index contributed by atoms with van der Waals surface area (Å²) in [6, 6.07) is 36.2. The van der Waals surface area contributed by atoms with Gasteiger partial charge in [-0.25, -0.2) is 4.98 Å². The monoisotopic (exact) mass is 1020 g/mol. The first-order valence-corrected chi connectivity index (χ1v) is 24.8. The SMILES string of the molecule is C=CC(=O)NCc1ccc(C(=O)Nc2ccccc2Oc2ccc(OCCOCCOCCOCC(=O)NCC#Cc3ccc4c(=O)n(CC5(O)CCN(C(=O)C[C@H](C)c6ccccc6)CC5)cnc4c3)cc2)cc1. The Hall–Kier alpha value is -8.14. The number of nitrogens with zero attached hydrogens (tertiary/aromatic N) is 3. The Morgan fingerprint density at radius 3 is 2.23 bits per heavy atom. The molecule has 17 heteroatoms. The van der Waals surface area contributed by atoms with Crippen LogP contribution in [0.4, 0.5) is 5.69 Å². The fourth-order valence-electron chi connectivity index (χ4n) is 8.07. The third-order valence-electron chi connectivity index (χ3n) is 12.3. The Morgan fingerprint density at radius 2 is 1.49 bits per heavy atom. The molecule has 1 fully saturated rings. The molecule has 4 N–H and O–H groups in total. The summed E-state index contributed by atoms with van der Waals surface area (Å²) in [6.07, 6.45) is 3.75. The van der Waals surface area contributed by atoms with E-state index in [-0.39, 0.29) is 68.0 Å². The maximum Gasteiger partial charge on any atom is 0.261 e. The highest BCUT2D eigenvalue weighted by molar-refractivity contribution is 6.05. The number of ether oxygens (including phenoxy) is 5. The van der Waals surface area contributed by atoms with Gasteiger partial charge in [0, 0.05) is 37.2 Å². The topological polar surface area (TPSA) is 209 Å². The maximum atomic E-state index is 13.4. The number of fused-ring (bicyclic) bond motifs is 1. The van der Waals surface area contributed by atoms with Gasteiger partial charge < -0.3 is 49.6 Å². The number of amides is 4. The number of aliphatic hydroxyl groups is 1. The van der Waals surface area contributed by atoms with Gasteiger partial charge in [0.2, 0.25) is 17.7 Å². The summed E-state index contributed by atoms with van der Waals surface area (Å²) in [5.41, 5.74) is 2.59. The summed E-state index contributed by atoms with van der Waals surface area (Å²) in [7, 11) is 0. The van der Waals surface area contributed by atoms with Crippen molar-refractivity contribution in [2.24, 2.45) is 0 Å². The van der Waals surface area contributed by atoms with Gasteiger partial charge in [-0.15, -0.1) is 0 Å². The first-order valence-electron chi connectivity index (χ1n) is 24.8. The number of piperidine rings is 1. The number of rotatable bonds is 25. The molecule has 0 saturated carbocycles. The summed E-state index contributed by atoms with van der Waals surface area (Å²) in [4.78, 5) is 69.4. The molecule has 1 saturated heterocycles. The summed E-state index contributed by atoms with van der Waals surface area (Å²) < 4.78 is 29.8. The third-order valence-corrected chi connectivity index (χ3v) is 12.3. The minimum absolute atomic E-state index is 0.0585. The van der Waals surface area contributed by atoms with Crippen LogP contribution >= 0.6 is 0 Å². The van der Waals surface area contributed by atoms with Gasteiger partial charge in [0.15, 0.2) is 5.75 Å². The number of nitrogens with one attached hydrogen (secondary N) is 3. The van der Waals surface area contributed by atoms with Gasteiger partial charge in [-0.2, -0.15) is 0 Å². The van der Waals surface area contributed by atoms with Crippen molar-refractivity contribution in [2.75, 3.05) is 71.2 Å². The molecule has 6 aromatic rings. The molecule has 1 aliphatic rings. The maximum absolute atomic E-state index is 13.4. The van der Waals surface area contributed by atoms with E-state index in [9.17, 15) is 29.1 Å². The van der Waals surface area contributed by atoms with Crippen molar-refractivity contribution in [2.45, 2.75) is 50.8 Å². The standard InChI is InChI=1S/C58H62N6O11/c1-3-53(65)60-38-44-15-18-46(19-16-44)56(68)62-50-13-7-8-14-52(50)75-48-22-20-47(21-23-48)74-35-34-72-31-30-71-32-33-73-39-54(66)59-27-9-10-43-17-24-49-51(37-43)61-41-64(57(49)69)40-58(70)25-28-63(29-26-58)55(67)36-42(2)45-11-5-4-6-12-45/h3-8,11-24,37,41-42,70H,1,25-36,38-40H2,2H3,(H,59,66)(H,60,65)(H,62,68)/t42-/m0/s1. The molecular formula is C58H62N6O11. The number of hydrogen-bond donors (Lipinski definition) is 4. The van der Waals surface area contributed by atoms with E-state index in [2.05, 4.69) is 39.4 Å². The molecule has 1 aliphatic heterocycles. The number of para-hydroxylation sites is 2.